The van der Waals surface area contributed by atoms with Crippen molar-refractivity contribution >= 4 is 0 Å². The summed E-state index contributed by atoms with van der Waals surface area (Å²) >= 11 is 0. The number of rotatable bonds is 3. The van der Waals surface area contributed by atoms with Crippen LogP contribution in [0.1, 0.15) is 18.4 Å². The van der Waals surface area contributed by atoms with Crippen LogP contribution in [0.4, 0.5) is 0 Å². The summed E-state index contributed by atoms with van der Waals surface area (Å²) in [6.07, 6.45) is 1.89. The van der Waals surface area contributed by atoms with Crippen LogP contribution in [-0.2, 0) is 0 Å². The maximum Gasteiger partial charge on any atom is -0.00588 e. The van der Waals surface area contributed by atoms with Crippen molar-refractivity contribution < 1.29 is 0 Å². The standard InChI is InChI=1S/C14H16/c1-4-10(2)13-11(3)14(13)12-8-6-5-7-9-12/h4-9,11,13-14H,1-2H2,3H3. The predicted molar refractivity (Wildman–Crippen MR) is 61.2 cm³/mol. The van der Waals surface area contributed by atoms with Crippen LogP contribution in [0.15, 0.2) is 55.1 Å². The van der Waals surface area contributed by atoms with Gasteiger partial charge < -0.3 is 0 Å². The Bertz CT molecular complexity index is 348. The SMILES string of the molecule is C=CC(=C)C1C(C)C1c1ccccc1. The van der Waals surface area contributed by atoms with Crippen LogP contribution in [0.5, 0.6) is 0 Å². The molecule has 0 saturated heterocycles. The van der Waals surface area contributed by atoms with Gasteiger partial charge in [0.2, 0.25) is 0 Å². The largest absolute Gasteiger partial charge is 0.0988 e. The van der Waals surface area contributed by atoms with Gasteiger partial charge in [-0.3, -0.25) is 0 Å². The first kappa shape index (κ1) is 9.26. The quantitative estimate of drug-likeness (QED) is 0.627. The molecule has 0 amide bonds. The van der Waals surface area contributed by atoms with E-state index >= 15 is 0 Å². The summed E-state index contributed by atoms with van der Waals surface area (Å²) in [5, 5.41) is 0. The monoisotopic (exact) mass is 184 g/mol. The fourth-order valence-corrected chi connectivity index (χ4v) is 2.35. The Morgan fingerprint density at radius 1 is 1.29 bits per heavy atom. The van der Waals surface area contributed by atoms with Crippen molar-refractivity contribution in [3.63, 3.8) is 0 Å². The highest BCUT2D eigenvalue weighted by atomic mass is 14.5. The molecular formula is C14H16. The molecule has 0 radical (unpaired) electrons. The lowest BCUT2D eigenvalue weighted by Crippen LogP contribution is -1.83. The molecule has 72 valence electrons. The summed E-state index contributed by atoms with van der Waals surface area (Å²) in [7, 11) is 0. The van der Waals surface area contributed by atoms with Crippen LogP contribution >= 0.6 is 0 Å². The summed E-state index contributed by atoms with van der Waals surface area (Å²) in [6, 6.07) is 10.7. The minimum Gasteiger partial charge on any atom is -0.0988 e. The molecule has 3 atom stereocenters. The highest BCUT2D eigenvalue weighted by molar-refractivity contribution is 5.36. The molecule has 0 aliphatic heterocycles. The molecule has 2 rings (SSSR count). The van der Waals surface area contributed by atoms with E-state index in [9.17, 15) is 0 Å². The molecule has 1 aliphatic carbocycles. The molecule has 14 heavy (non-hydrogen) atoms. The third-order valence-corrected chi connectivity index (χ3v) is 3.25. The maximum atomic E-state index is 4.04. The van der Waals surface area contributed by atoms with Gasteiger partial charge in [0.25, 0.3) is 0 Å². The normalized spacial score (nSPS) is 29.6. The van der Waals surface area contributed by atoms with E-state index in [0.29, 0.717) is 11.8 Å². The van der Waals surface area contributed by atoms with Crippen molar-refractivity contribution in [2.75, 3.05) is 0 Å². The molecule has 1 saturated carbocycles. The zero-order chi connectivity index (χ0) is 10.1. The van der Waals surface area contributed by atoms with E-state index in [1.807, 2.05) is 6.08 Å². The van der Waals surface area contributed by atoms with Crippen LogP contribution < -0.4 is 0 Å². The first-order chi connectivity index (χ1) is 6.75. The van der Waals surface area contributed by atoms with E-state index in [0.717, 1.165) is 5.92 Å². The molecule has 0 nitrogen and oxygen atoms in total. The van der Waals surface area contributed by atoms with Crippen LogP contribution in [0.2, 0.25) is 0 Å². The van der Waals surface area contributed by atoms with Crippen molar-refractivity contribution in [1.82, 2.24) is 0 Å². The van der Waals surface area contributed by atoms with Crippen molar-refractivity contribution in [2.24, 2.45) is 11.8 Å². The molecule has 0 heterocycles. The van der Waals surface area contributed by atoms with E-state index in [2.05, 4.69) is 50.4 Å². The summed E-state index contributed by atoms with van der Waals surface area (Å²) in [4.78, 5) is 0. The highest BCUT2D eigenvalue weighted by Gasteiger charge is 2.47. The van der Waals surface area contributed by atoms with E-state index in [4.69, 9.17) is 0 Å². The zero-order valence-electron chi connectivity index (χ0n) is 8.61. The Balaban J connectivity index is 2.17. The fourth-order valence-electron chi connectivity index (χ4n) is 2.35. The first-order valence-electron chi connectivity index (χ1n) is 5.12. The van der Waals surface area contributed by atoms with Crippen LogP contribution in [0.3, 0.4) is 0 Å². The molecule has 1 aromatic rings. The Hall–Kier alpha value is -1.30. The topological polar surface area (TPSA) is 0 Å². The molecule has 3 unspecified atom stereocenters. The van der Waals surface area contributed by atoms with Crippen molar-refractivity contribution in [2.45, 2.75) is 12.8 Å². The first-order valence-corrected chi connectivity index (χ1v) is 5.12. The lowest BCUT2D eigenvalue weighted by atomic mass is 10.1. The molecule has 1 aromatic carbocycles. The van der Waals surface area contributed by atoms with Gasteiger partial charge in [-0.05, 0) is 23.3 Å². The van der Waals surface area contributed by atoms with Gasteiger partial charge in [-0.25, -0.2) is 0 Å². The van der Waals surface area contributed by atoms with E-state index in [1.165, 1.54) is 11.1 Å². The van der Waals surface area contributed by atoms with Gasteiger partial charge in [-0.15, -0.1) is 0 Å². The minimum absolute atomic E-state index is 0.620. The third kappa shape index (κ3) is 1.41. The second-order valence-electron chi connectivity index (χ2n) is 4.10. The number of hydrogen-bond acceptors (Lipinski definition) is 0. The fraction of sp³-hybridized carbons (Fsp3) is 0.286. The van der Waals surface area contributed by atoms with Crippen LogP contribution in [0.25, 0.3) is 0 Å². The summed E-state index contributed by atoms with van der Waals surface area (Å²) in [5.74, 6) is 2.01. The highest BCUT2D eigenvalue weighted by Crippen LogP contribution is 2.57. The average Bonchev–Trinajstić information content (AvgIpc) is 2.90. The van der Waals surface area contributed by atoms with Crippen molar-refractivity contribution in [3.05, 3.63) is 60.7 Å². The molecule has 0 spiro atoms. The Morgan fingerprint density at radius 2 is 1.93 bits per heavy atom. The van der Waals surface area contributed by atoms with Gasteiger partial charge in [0.05, 0.1) is 0 Å². The minimum atomic E-state index is 0.620. The summed E-state index contributed by atoms with van der Waals surface area (Å²) in [6.45, 7) is 10.1. The van der Waals surface area contributed by atoms with Crippen molar-refractivity contribution in [1.29, 1.82) is 0 Å². The van der Waals surface area contributed by atoms with E-state index < -0.39 is 0 Å². The number of allylic oxidation sites excluding steroid dienone is 2. The van der Waals surface area contributed by atoms with Crippen LogP contribution in [0, 0.1) is 11.8 Å². The smallest absolute Gasteiger partial charge is 0.00588 e. The Labute approximate surface area is 86.0 Å². The molecule has 0 bridgehead atoms. The number of hydrogen-bond donors (Lipinski definition) is 0. The summed E-state index contributed by atoms with van der Waals surface area (Å²) < 4.78 is 0. The van der Waals surface area contributed by atoms with Gasteiger partial charge in [-0.2, -0.15) is 0 Å². The average molecular weight is 184 g/mol. The lowest BCUT2D eigenvalue weighted by Gasteiger charge is -1.99. The molecule has 1 fully saturated rings. The second-order valence-corrected chi connectivity index (χ2v) is 4.10. The van der Waals surface area contributed by atoms with Gasteiger partial charge in [-0.1, -0.05) is 62.1 Å². The van der Waals surface area contributed by atoms with Gasteiger partial charge in [0.15, 0.2) is 0 Å². The second kappa shape index (κ2) is 3.45. The summed E-state index contributed by atoms with van der Waals surface area (Å²) in [5.41, 5.74) is 2.62. The Kier molecular flexibility index (Phi) is 2.28. The maximum absolute atomic E-state index is 4.04. The third-order valence-electron chi connectivity index (χ3n) is 3.25. The predicted octanol–water partition coefficient (Wildman–Crippen LogP) is 3.78. The molecule has 0 aromatic heterocycles. The van der Waals surface area contributed by atoms with Gasteiger partial charge in [0, 0.05) is 0 Å². The van der Waals surface area contributed by atoms with Gasteiger partial charge in [0.1, 0.15) is 0 Å². The molecule has 0 heteroatoms. The van der Waals surface area contributed by atoms with Crippen molar-refractivity contribution in [3.8, 4) is 0 Å². The molecule has 0 N–H and O–H groups in total. The van der Waals surface area contributed by atoms with Gasteiger partial charge >= 0.3 is 0 Å². The lowest BCUT2D eigenvalue weighted by molar-refractivity contribution is 0.872. The Morgan fingerprint density at radius 3 is 2.50 bits per heavy atom. The van der Waals surface area contributed by atoms with Crippen LogP contribution in [-0.4, -0.2) is 0 Å². The number of benzene rings is 1. The van der Waals surface area contributed by atoms with E-state index in [-0.39, 0.29) is 0 Å². The van der Waals surface area contributed by atoms with E-state index in [1.54, 1.807) is 0 Å². The molecule has 1 aliphatic rings. The molecular weight excluding hydrogens is 168 g/mol. The zero-order valence-corrected chi connectivity index (χ0v) is 8.61.